The number of halogens is 4. The molecule has 0 saturated carbocycles. The van der Waals surface area contributed by atoms with Gasteiger partial charge in [0.15, 0.2) is 0 Å². The van der Waals surface area contributed by atoms with E-state index in [1.54, 1.807) is 18.2 Å². The number of para-hydroxylation sites is 1. The van der Waals surface area contributed by atoms with Crippen molar-refractivity contribution in [1.82, 2.24) is 0 Å². The monoisotopic (exact) mass is 409 g/mol. The third-order valence-electron chi connectivity index (χ3n) is 2.59. The van der Waals surface area contributed by atoms with Crippen LogP contribution in [0.5, 0.6) is 5.75 Å². The molecule has 0 unspecified atom stereocenters. The third kappa shape index (κ3) is 4.21. The molecule has 2 rings (SSSR count). The van der Waals surface area contributed by atoms with Crippen molar-refractivity contribution in [2.75, 3.05) is 5.32 Å². The average molecular weight is 410 g/mol. The summed E-state index contributed by atoms with van der Waals surface area (Å²) in [6.07, 6.45) is 0. The second kappa shape index (κ2) is 7.08. The highest BCUT2D eigenvalue weighted by atomic mass is 127. The quantitative estimate of drug-likeness (QED) is 0.689. The average Bonchev–Trinajstić information content (AvgIpc) is 2.39. The highest BCUT2D eigenvalue weighted by Crippen LogP contribution is 2.26. The van der Waals surface area contributed by atoms with Gasteiger partial charge in [0.2, 0.25) is 0 Å². The number of rotatable bonds is 5. The third-order valence-corrected chi connectivity index (χ3v) is 3.57. The molecular formula is C14H11ClF2INO. The minimum absolute atomic E-state index is 0.164. The molecule has 1 N–H and O–H groups in total. The number of ether oxygens (including phenoxy) is 1. The fourth-order valence-corrected chi connectivity index (χ4v) is 2.61. The number of hydrogen-bond donors (Lipinski definition) is 1. The van der Waals surface area contributed by atoms with E-state index in [1.807, 2.05) is 18.2 Å². The summed E-state index contributed by atoms with van der Waals surface area (Å²) in [7, 11) is 0. The van der Waals surface area contributed by atoms with E-state index in [0.29, 0.717) is 17.1 Å². The zero-order valence-electron chi connectivity index (χ0n) is 10.2. The van der Waals surface area contributed by atoms with Crippen LogP contribution >= 0.6 is 34.2 Å². The van der Waals surface area contributed by atoms with Crippen LogP contribution in [0.1, 0.15) is 5.56 Å². The largest absolute Gasteiger partial charge is 0.434 e. The Morgan fingerprint density at radius 3 is 2.65 bits per heavy atom. The summed E-state index contributed by atoms with van der Waals surface area (Å²) < 4.78 is 30.1. The van der Waals surface area contributed by atoms with Crippen molar-refractivity contribution in [3.05, 3.63) is 56.6 Å². The molecule has 0 saturated heterocycles. The smallest absolute Gasteiger partial charge is 0.387 e. The van der Waals surface area contributed by atoms with Crippen LogP contribution in [0.4, 0.5) is 14.5 Å². The van der Waals surface area contributed by atoms with Gasteiger partial charge in [-0.3, -0.25) is 0 Å². The summed E-state index contributed by atoms with van der Waals surface area (Å²) in [5.74, 6) is 0.164. The maximum Gasteiger partial charge on any atom is 0.387 e. The van der Waals surface area contributed by atoms with Crippen molar-refractivity contribution < 1.29 is 13.5 Å². The molecule has 2 aromatic carbocycles. The maximum atomic E-state index is 12.3. The fourth-order valence-electron chi connectivity index (χ4n) is 1.68. The minimum atomic E-state index is -2.84. The van der Waals surface area contributed by atoms with E-state index in [1.165, 1.54) is 6.07 Å². The Labute approximate surface area is 134 Å². The van der Waals surface area contributed by atoms with Crippen LogP contribution in [-0.4, -0.2) is 6.61 Å². The molecule has 2 aromatic rings. The van der Waals surface area contributed by atoms with Gasteiger partial charge in [-0.05, 0) is 46.9 Å². The van der Waals surface area contributed by atoms with E-state index in [2.05, 4.69) is 32.6 Å². The normalized spacial score (nSPS) is 10.7. The molecule has 0 amide bonds. The van der Waals surface area contributed by atoms with Crippen LogP contribution in [-0.2, 0) is 6.54 Å². The van der Waals surface area contributed by atoms with Gasteiger partial charge >= 0.3 is 6.61 Å². The van der Waals surface area contributed by atoms with Crippen LogP contribution in [0.15, 0.2) is 42.5 Å². The number of anilines is 1. The van der Waals surface area contributed by atoms with Crippen LogP contribution < -0.4 is 10.1 Å². The Hall–Kier alpha value is -1.08. The van der Waals surface area contributed by atoms with E-state index in [4.69, 9.17) is 11.6 Å². The number of hydrogen-bond acceptors (Lipinski definition) is 2. The molecule has 0 aliphatic heterocycles. The number of alkyl halides is 2. The molecule has 20 heavy (non-hydrogen) atoms. The first-order chi connectivity index (χ1) is 9.56. The Balaban J connectivity index is 2.10. The lowest BCUT2D eigenvalue weighted by Gasteiger charge is -2.13. The number of nitrogens with one attached hydrogen (secondary N) is 1. The first-order valence-corrected chi connectivity index (χ1v) is 7.23. The molecule has 0 aliphatic carbocycles. The van der Waals surface area contributed by atoms with Crippen LogP contribution in [0.3, 0.4) is 0 Å². The molecule has 6 heteroatoms. The van der Waals surface area contributed by atoms with Crippen molar-refractivity contribution in [2.45, 2.75) is 13.2 Å². The van der Waals surface area contributed by atoms with E-state index in [-0.39, 0.29) is 5.75 Å². The lowest BCUT2D eigenvalue weighted by molar-refractivity contribution is -0.0504. The van der Waals surface area contributed by atoms with Crippen molar-refractivity contribution in [3.8, 4) is 5.75 Å². The molecule has 0 aromatic heterocycles. The molecule has 0 bridgehead atoms. The molecule has 0 radical (unpaired) electrons. The van der Waals surface area contributed by atoms with Crippen LogP contribution in [0.2, 0.25) is 5.02 Å². The van der Waals surface area contributed by atoms with Gasteiger partial charge in [-0.2, -0.15) is 8.78 Å². The zero-order chi connectivity index (χ0) is 14.5. The van der Waals surface area contributed by atoms with E-state index >= 15 is 0 Å². The van der Waals surface area contributed by atoms with Crippen LogP contribution in [0.25, 0.3) is 0 Å². The Morgan fingerprint density at radius 1 is 1.20 bits per heavy atom. The lowest BCUT2D eigenvalue weighted by Crippen LogP contribution is -2.07. The first-order valence-electron chi connectivity index (χ1n) is 5.78. The number of benzene rings is 2. The standard InChI is InChI=1S/C14H11ClF2INO/c15-11-7-10(18)5-6-12(11)19-8-9-3-1-2-4-13(9)20-14(16)17/h1-7,14,19H,8H2. The Kier molecular flexibility index (Phi) is 5.42. The van der Waals surface area contributed by atoms with Gasteiger partial charge in [0.25, 0.3) is 0 Å². The van der Waals surface area contributed by atoms with Gasteiger partial charge < -0.3 is 10.1 Å². The maximum absolute atomic E-state index is 12.3. The Bertz CT molecular complexity index is 595. The summed E-state index contributed by atoms with van der Waals surface area (Å²) in [6.45, 7) is -2.48. The van der Waals surface area contributed by atoms with Gasteiger partial charge in [0.1, 0.15) is 5.75 Å². The molecule has 0 aliphatic rings. The van der Waals surface area contributed by atoms with Gasteiger partial charge in [0, 0.05) is 15.7 Å². The second-order valence-electron chi connectivity index (χ2n) is 3.96. The predicted octanol–water partition coefficient (Wildman–Crippen LogP) is 5.16. The topological polar surface area (TPSA) is 21.3 Å². The second-order valence-corrected chi connectivity index (χ2v) is 5.62. The van der Waals surface area contributed by atoms with E-state index in [0.717, 1.165) is 9.26 Å². The molecule has 106 valence electrons. The van der Waals surface area contributed by atoms with Gasteiger partial charge in [-0.25, -0.2) is 0 Å². The summed E-state index contributed by atoms with van der Waals surface area (Å²) in [5.41, 5.74) is 1.39. The van der Waals surface area contributed by atoms with E-state index in [9.17, 15) is 8.78 Å². The van der Waals surface area contributed by atoms with Crippen molar-refractivity contribution in [3.63, 3.8) is 0 Å². The Morgan fingerprint density at radius 2 is 1.95 bits per heavy atom. The molecular weight excluding hydrogens is 399 g/mol. The minimum Gasteiger partial charge on any atom is -0.434 e. The lowest BCUT2D eigenvalue weighted by atomic mass is 10.2. The highest BCUT2D eigenvalue weighted by Gasteiger charge is 2.09. The summed E-state index contributed by atoms with van der Waals surface area (Å²) in [6, 6.07) is 12.2. The van der Waals surface area contributed by atoms with Gasteiger partial charge in [-0.15, -0.1) is 0 Å². The zero-order valence-corrected chi connectivity index (χ0v) is 13.2. The summed E-state index contributed by atoms with van der Waals surface area (Å²) in [4.78, 5) is 0. The van der Waals surface area contributed by atoms with Crippen molar-refractivity contribution in [1.29, 1.82) is 0 Å². The van der Waals surface area contributed by atoms with Crippen LogP contribution in [0, 0.1) is 3.57 Å². The SMILES string of the molecule is FC(F)Oc1ccccc1CNc1ccc(I)cc1Cl. The molecule has 0 fully saturated rings. The highest BCUT2D eigenvalue weighted by molar-refractivity contribution is 14.1. The van der Waals surface area contributed by atoms with E-state index < -0.39 is 6.61 Å². The molecule has 0 spiro atoms. The van der Waals surface area contributed by atoms with Crippen molar-refractivity contribution >= 4 is 39.9 Å². The molecule has 0 heterocycles. The van der Waals surface area contributed by atoms with Crippen molar-refractivity contribution in [2.24, 2.45) is 0 Å². The first kappa shape index (κ1) is 15.3. The molecule has 0 atom stereocenters. The van der Waals surface area contributed by atoms with Gasteiger partial charge in [0.05, 0.1) is 10.7 Å². The van der Waals surface area contributed by atoms with Gasteiger partial charge in [-0.1, -0.05) is 29.8 Å². The predicted molar refractivity (Wildman–Crippen MR) is 84.6 cm³/mol. The summed E-state index contributed by atoms with van der Waals surface area (Å²) >= 11 is 8.27. The summed E-state index contributed by atoms with van der Waals surface area (Å²) in [5, 5.41) is 3.70. The molecule has 2 nitrogen and oxygen atoms in total. The fraction of sp³-hybridized carbons (Fsp3) is 0.143.